The second-order valence-corrected chi connectivity index (χ2v) is 8.91. The maximum Gasteiger partial charge on any atom is 0.188 e. The Morgan fingerprint density at radius 2 is 1.88 bits per heavy atom. The molecule has 5 rings (SSSR count). The second-order valence-electron chi connectivity index (χ2n) is 8.91. The Bertz CT molecular complexity index is 1240. The summed E-state index contributed by atoms with van der Waals surface area (Å²) in [6.45, 7) is 9.66. The van der Waals surface area contributed by atoms with E-state index in [0.717, 1.165) is 46.5 Å². The third kappa shape index (κ3) is 3.84. The third-order valence-corrected chi connectivity index (χ3v) is 5.93. The average molecular weight is 444 g/mol. The van der Waals surface area contributed by atoms with E-state index in [4.69, 9.17) is 14.5 Å². The molecule has 7 heteroatoms. The van der Waals surface area contributed by atoms with Gasteiger partial charge < -0.3 is 14.0 Å². The second kappa shape index (κ2) is 7.99. The molecule has 0 N–H and O–H groups in total. The Morgan fingerprint density at radius 3 is 2.58 bits per heavy atom. The van der Waals surface area contributed by atoms with E-state index in [1.165, 1.54) is 5.56 Å². The van der Waals surface area contributed by atoms with Crippen LogP contribution in [0.2, 0.25) is 0 Å². The molecule has 1 aromatic heterocycles. The molecule has 3 aromatic rings. The zero-order valence-electron chi connectivity index (χ0n) is 19.7. The number of hydrogen-bond donors (Lipinski definition) is 0. The monoisotopic (exact) mass is 443 g/mol. The number of methoxy groups -OCH3 is 1. The molecule has 1 saturated heterocycles. The first-order valence-electron chi connectivity index (χ1n) is 11.1. The van der Waals surface area contributed by atoms with Gasteiger partial charge in [0.1, 0.15) is 18.0 Å². The highest BCUT2D eigenvalue weighted by Gasteiger charge is 2.43. The van der Waals surface area contributed by atoms with E-state index >= 15 is 0 Å². The SMILES string of the molecule is COc1cc(C=C2OCCN3C2=NC(C)(C)N3c2ccc(C)cc2)ccc1-n1cnc(C)c1. The number of fused-ring (bicyclic) bond motifs is 1. The van der Waals surface area contributed by atoms with Gasteiger partial charge in [0, 0.05) is 6.20 Å². The lowest BCUT2D eigenvalue weighted by Gasteiger charge is -2.40. The molecule has 33 heavy (non-hydrogen) atoms. The van der Waals surface area contributed by atoms with Gasteiger partial charge in [-0.1, -0.05) is 23.8 Å². The molecule has 0 unspecified atom stereocenters. The largest absolute Gasteiger partial charge is 0.495 e. The molecule has 0 atom stereocenters. The van der Waals surface area contributed by atoms with Crippen molar-refractivity contribution < 1.29 is 9.47 Å². The molecule has 0 radical (unpaired) electrons. The third-order valence-electron chi connectivity index (χ3n) is 5.93. The van der Waals surface area contributed by atoms with Gasteiger partial charge in [-0.25, -0.2) is 9.98 Å². The summed E-state index contributed by atoms with van der Waals surface area (Å²) in [4.78, 5) is 9.36. The van der Waals surface area contributed by atoms with E-state index in [9.17, 15) is 0 Å². The van der Waals surface area contributed by atoms with Crippen LogP contribution in [0.5, 0.6) is 5.75 Å². The maximum atomic E-state index is 6.09. The van der Waals surface area contributed by atoms with Gasteiger partial charge in [-0.05, 0) is 63.6 Å². The molecule has 3 heterocycles. The Morgan fingerprint density at radius 1 is 1.09 bits per heavy atom. The van der Waals surface area contributed by atoms with E-state index in [1.54, 1.807) is 13.4 Å². The lowest BCUT2D eigenvalue weighted by atomic mass is 10.1. The highest BCUT2D eigenvalue weighted by molar-refractivity contribution is 6.03. The van der Waals surface area contributed by atoms with Crippen LogP contribution in [-0.2, 0) is 4.74 Å². The molecular weight excluding hydrogens is 414 g/mol. The van der Waals surface area contributed by atoms with E-state index < -0.39 is 5.66 Å². The summed E-state index contributed by atoms with van der Waals surface area (Å²) in [7, 11) is 1.68. The molecule has 2 aliphatic heterocycles. The van der Waals surface area contributed by atoms with Gasteiger partial charge >= 0.3 is 0 Å². The minimum atomic E-state index is -0.418. The minimum absolute atomic E-state index is 0.418. The van der Waals surface area contributed by atoms with Gasteiger partial charge in [0.05, 0.1) is 37.1 Å². The molecule has 0 amide bonds. The zero-order chi connectivity index (χ0) is 23.2. The van der Waals surface area contributed by atoms with Gasteiger partial charge in [-0.3, -0.25) is 10.0 Å². The van der Waals surface area contributed by atoms with E-state index in [1.807, 2.05) is 35.9 Å². The number of ether oxygens (including phenoxy) is 2. The fourth-order valence-corrected chi connectivity index (χ4v) is 4.40. The van der Waals surface area contributed by atoms with Crippen LogP contribution >= 0.6 is 0 Å². The van der Waals surface area contributed by atoms with Crippen LogP contribution in [0, 0.1) is 13.8 Å². The van der Waals surface area contributed by atoms with Crippen molar-refractivity contribution in [1.29, 1.82) is 0 Å². The number of morpholine rings is 1. The van der Waals surface area contributed by atoms with Crippen molar-refractivity contribution in [2.45, 2.75) is 33.4 Å². The summed E-state index contributed by atoms with van der Waals surface area (Å²) in [6.07, 6.45) is 5.81. The molecule has 1 fully saturated rings. The molecule has 0 aliphatic carbocycles. The first-order chi connectivity index (χ1) is 15.9. The lowest BCUT2D eigenvalue weighted by Crippen LogP contribution is -2.52. The molecule has 0 saturated carbocycles. The van der Waals surface area contributed by atoms with Gasteiger partial charge in [0.25, 0.3) is 0 Å². The first kappa shape index (κ1) is 21.1. The number of rotatable bonds is 4. The number of amidine groups is 1. The van der Waals surface area contributed by atoms with Crippen molar-refractivity contribution in [2.75, 3.05) is 25.3 Å². The first-order valence-corrected chi connectivity index (χ1v) is 11.1. The number of hydrazine groups is 1. The van der Waals surface area contributed by atoms with Crippen LogP contribution in [0.25, 0.3) is 11.8 Å². The van der Waals surface area contributed by atoms with Gasteiger partial charge in [-0.2, -0.15) is 0 Å². The van der Waals surface area contributed by atoms with Gasteiger partial charge in [0.15, 0.2) is 11.6 Å². The van der Waals surface area contributed by atoms with Crippen LogP contribution in [0.1, 0.15) is 30.7 Å². The maximum absolute atomic E-state index is 6.09. The Hall–Kier alpha value is -3.74. The van der Waals surface area contributed by atoms with Crippen molar-refractivity contribution in [1.82, 2.24) is 14.6 Å². The van der Waals surface area contributed by atoms with E-state index in [2.05, 4.69) is 66.1 Å². The number of hydrogen-bond acceptors (Lipinski definition) is 6. The molecule has 2 aliphatic rings. The molecule has 0 bridgehead atoms. The minimum Gasteiger partial charge on any atom is -0.495 e. The van der Waals surface area contributed by atoms with Gasteiger partial charge in [0.2, 0.25) is 0 Å². The van der Waals surface area contributed by atoms with Crippen LogP contribution < -0.4 is 9.75 Å². The summed E-state index contributed by atoms with van der Waals surface area (Å²) in [5, 5.41) is 4.48. The van der Waals surface area contributed by atoms with Crippen LogP contribution in [0.15, 0.2) is 65.7 Å². The highest BCUT2D eigenvalue weighted by atomic mass is 16.5. The van der Waals surface area contributed by atoms with E-state index in [-0.39, 0.29) is 0 Å². The number of benzene rings is 2. The summed E-state index contributed by atoms with van der Waals surface area (Å²) in [5.74, 6) is 2.38. The summed E-state index contributed by atoms with van der Waals surface area (Å²) in [5.41, 5.74) is 4.82. The normalized spacial score (nSPS) is 18.2. The predicted octanol–water partition coefficient (Wildman–Crippen LogP) is 4.74. The fraction of sp³-hybridized carbons (Fsp3) is 0.308. The van der Waals surface area contributed by atoms with Crippen LogP contribution in [0.3, 0.4) is 0 Å². The molecule has 2 aromatic carbocycles. The number of anilines is 1. The number of aryl methyl sites for hydroxylation is 2. The summed E-state index contributed by atoms with van der Waals surface area (Å²) >= 11 is 0. The molecular formula is C26H29N5O2. The summed E-state index contributed by atoms with van der Waals surface area (Å²) in [6, 6.07) is 14.7. The predicted molar refractivity (Wildman–Crippen MR) is 131 cm³/mol. The van der Waals surface area contributed by atoms with Crippen molar-refractivity contribution in [3.05, 3.63) is 77.6 Å². The van der Waals surface area contributed by atoms with Crippen molar-refractivity contribution in [2.24, 2.45) is 4.99 Å². The van der Waals surface area contributed by atoms with Crippen LogP contribution in [-0.4, -0.2) is 46.3 Å². The molecule has 7 nitrogen and oxygen atoms in total. The number of aromatic nitrogens is 2. The molecule has 0 spiro atoms. The lowest BCUT2D eigenvalue weighted by molar-refractivity contribution is 0.164. The fourth-order valence-electron chi connectivity index (χ4n) is 4.40. The topological polar surface area (TPSA) is 55.1 Å². The van der Waals surface area contributed by atoms with Crippen molar-refractivity contribution in [3.8, 4) is 11.4 Å². The number of nitrogens with zero attached hydrogens (tertiary/aromatic N) is 5. The Labute approximate surface area is 194 Å². The zero-order valence-corrected chi connectivity index (χ0v) is 19.7. The average Bonchev–Trinajstić information content (AvgIpc) is 3.34. The van der Waals surface area contributed by atoms with Crippen molar-refractivity contribution >= 4 is 17.6 Å². The number of aliphatic imine (C=N–C) groups is 1. The smallest absolute Gasteiger partial charge is 0.188 e. The number of imidazole rings is 1. The Balaban J connectivity index is 1.49. The quantitative estimate of drug-likeness (QED) is 0.583. The summed E-state index contributed by atoms with van der Waals surface area (Å²) < 4.78 is 13.7. The van der Waals surface area contributed by atoms with Gasteiger partial charge in [-0.15, -0.1) is 0 Å². The molecule has 170 valence electrons. The highest BCUT2D eigenvalue weighted by Crippen LogP contribution is 2.36. The van der Waals surface area contributed by atoms with Crippen LogP contribution in [0.4, 0.5) is 5.69 Å². The van der Waals surface area contributed by atoms with Crippen molar-refractivity contribution in [3.63, 3.8) is 0 Å². The van der Waals surface area contributed by atoms with E-state index in [0.29, 0.717) is 6.61 Å². The standard InChI is InChI=1S/C26H29N5O2/c1-18-6-9-21(10-7-18)31-26(3,4)28-25-24(33-13-12-30(25)31)15-20-8-11-22(23(14-20)32-5)29-16-19(2)27-17-29/h6-11,14-17H,12-13H2,1-5H3. The Kier molecular flexibility index (Phi) is 5.12.